The van der Waals surface area contributed by atoms with Crippen molar-refractivity contribution in [2.45, 2.75) is 51.7 Å². The maximum Gasteiger partial charge on any atom is 0.211 e. The molecule has 1 rings (SSSR count). The predicted octanol–water partition coefficient (Wildman–Crippen LogP) is 1.27. The summed E-state index contributed by atoms with van der Waals surface area (Å²) in [7, 11) is -3.09. The number of rotatable bonds is 4. The summed E-state index contributed by atoms with van der Waals surface area (Å²) in [5.41, 5.74) is -0.211. The minimum absolute atomic E-state index is 0.0327. The van der Waals surface area contributed by atoms with Crippen molar-refractivity contribution in [1.29, 1.82) is 0 Å². The Morgan fingerprint density at radius 3 is 2.67 bits per heavy atom. The smallest absolute Gasteiger partial charge is 0.211 e. The van der Waals surface area contributed by atoms with Gasteiger partial charge in [0, 0.05) is 12.6 Å². The van der Waals surface area contributed by atoms with Gasteiger partial charge in [0.05, 0.1) is 11.4 Å². The average Bonchev–Trinajstić information content (AvgIpc) is 1.99. The molecule has 0 aromatic rings. The molecule has 0 saturated carbocycles. The molecule has 1 aliphatic heterocycles. The van der Waals surface area contributed by atoms with Crippen LogP contribution >= 0.6 is 0 Å². The molecule has 1 saturated heterocycles. The molecule has 0 spiro atoms. The van der Waals surface area contributed by atoms with Crippen molar-refractivity contribution in [3.63, 3.8) is 0 Å². The van der Waals surface area contributed by atoms with Gasteiger partial charge in [-0.15, -0.1) is 0 Å². The first-order valence-electron chi connectivity index (χ1n) is 5.48. The Bertz CT molecular complexity index is 298. The molecule has 1 unspecified atom stereocenters. The second kappa shape index (κ2) is 4.80. The first-order chi connectivity index (χ1) is 6.85. The Morgan fingerprint density at radius 2 is 2.13 bits per heavy atom. The molecule has 1 heterocycles. The fourth-order valence-corrected chi connectivity index (χ4v) is 3.28. The molecule has 0 aromatic heterocycles. The summed E-state index contributed by atoms with van der Waals surface area (Å²) in [4.78, 5) is 0. The highest BCUT2D eigenvalue weighted by molar-refractivity contribution is 7.89. The normalized spacial score (nSPS) is 26.5. The van der Waals surface area contributed by atoms with Crippen LogP contribution in [0.5, 0.6) is 0 Å². The fourth-order valence-electron chi connectivity index (χ4n) is 1.91. The van der Waals surface area contributed by atoms with Gasteiger partial charge < -0.3 is 4.74 Å². The molecule has 1 aliphatic rings. The number of nitrogens with one attached hydrogen (secondary N) is 1. The number of hydrogen-bond donors (Lipinski definition) is 1. The Balaban J connectivity index is 2.52. The van der Waals surface area contributed by atoms with Crippen LogP contribution in [-0.4, -0.2) is 32.4 Å². The van der Waals surface area contributed by atoms with Crippen molar-refractivity contribution in [1.82, 2.24) is 4.72 Å². The largest absolute Gasteiger partial charge is 0.375 e. The average molecular weight is 235 g/mol. The maximum absolute atomic E-state index is 11.6. The molecule has 0 bridgehead atoms. The summed E-state index contributed by atoms with van der Waals surface area (Å²) >= 11 is 0. The van der Waals surface area contributed by atoms with Gasteiger partial charge in [0.2, 0.25) is 10.0 Å². The van der Waals surface area contributed by atoms with Gasteiger partial charge in [-0.3, -0.25) is 0 Å². The Morgan fingerprint density at radius 1 is 1.47 bits per heavy atom. The lowest BCUT2D eigenvalue weighted by atomic mass is 9.95. The van der Waals surface area contributed by atoms with Gasteiger partial charge >= 0.3 is 0 Å². The molecule has 90 valence electrons. The van der Waals surface area contributed by atoms with E-state index >= 15 is 0 Å². The quantitative estimate of drug-likeness (QED) is 0.798. The molecule has 0 amide bonds. The minimum atomic E-state index is -3.09. The van der Waals surface area contributed by atoms with Gasteiger partial charge in [0.25, 0.3) is 0 Å². The summed E-state index contributed by atoms with van der Waals surface area (Å²) in [5, 5.41) is 0. The highest BCUT2D eigenvalue weighted by atomic mass is 32.2. The molecule has 1 N–H and O–H groups in total. The topological polar surface area (TPSA) is 55.4 Å². The lowest BCUT2D eigenvalue weighted by Crippen LogP contribution is -2.46. The Labute approximate surface area is 92.4 Å². The third-order valence-electron chi connectivity index (χ3n) is 2.52. The zero-order valence-corrected chi connectivity index (χ0v) is 10.6. The van der Waals surface area contributed by atoms with Crippen LogP contribution in [0.2, 0.25) is 0 Å². The molecule has 0 aromatic carbocycles. The van der Waals surface area contributed by atoms with E-state index in [2.05, 4.69) is 4.72 Å². The van der Waals surface area contributed by atoms with E-state index in [1.807, 2.05) is 20.8 Å². The van der Waals surface area contributed by atoms with Crippen LogP contribution in [0.25, 0.3) is 0 Å². The van der Waals surface area contributed by atoms with Crippen molar-refractivity contribution in [2.24, 2.45) is 0 Å². The first-order valence-corrected chi connectivity index (χ1v) is 7.14. The number of ether oxygens (including phenoxy) is 1. The third kappa shape index (κ3) is 4.49. The molecule has 5 heteroatoms. The first kappa shape index (κ1) is 12.9. The van der Waals surface area contributed by atoms with E-state index in [0.29, 0.717) is 13.0 Å². The van der Waals surface area contributed by atoms with E-state index in [9.17, 15) is 8.42 Å². The van der Waals surface area contributed by atoms with Crippen LogP contribution in [0.4, 0.5) is 0 Å². The lowest BCUT2D eigenvalue weighted by molar-refractivity contribution is -0.0599. The highest BCUT2D eigenvalue weighted by Gasteiger charge is 2.30. The molecule has 0 aliphatic carbocycles. The molecule has 4 nitrogen and oxygen atoms in total. The standard InChI is InChI=1S/C10H21NO3S/c1-4-7-15(12,13)11-9-5-6-14-10(2,3)8-9/h9,11H,4-8H2,1-3H3. The zero-order valence-electron chi connectivity index (χ0n) is 9.75. The van der Waals surface area contributed by atoms with Gasteiger partial charge in [-0.05, 0) is 33.1 Å². The third-order valence-corrected chi connectivity index (χ3v) is 4.15. The van der Waals surface area contributed by atoms with Crippen LogP contribution < -0.4 is 4.72 Å². The Hall–Kier alpha value is -0.130. The van der Waals surface area contributed by atoms with E-state index in [0.717, 1.165) is 12.8 Å². The summed E-state index contributed by atoms with van der Waals surface area (Å²) in [5.74, 6) is 0.213. The van der Waals surface area contributed by atoms with E-state index in [-0.39, 0.29) is 17.4 Å². The minimum Gasteiger partial charge on any atom is -0.375 e. The lowest BCUT2D eigenvalue weighted by Gasteiger charge is -2.35. The molecule has 0 radical (unpaired) electrons. The van der Waals surface area contributed by atoms with Gasteiger partial charge in [-0.1, -0.05) is 6.92 Å². The molecular formula is C10H21NO3S. The molecule has 1 atom stereocenters. The molecule has 15 heavy (non-hydrogen) atoms. The second-order valence-corrected chi connectivity index (χ2v) is 6.61. The van der Waals surface area contributed by atoms with Gasteiger partial charge in [-0.2, -0.15) is 0 Å². The van der Waals surface area contributed by atoms with Crippen LogP contribution in [0.15, 0.2) is 0 Å². The fraction of sp³-hybridized carbons (Fsp3) is 1.00. The highest BCUT2D eigenvalue weighted by Crippen LogP contribution is 2.24. The summed E-state index contributed by atoms with van der Waals surface area (Å²) < 4.78 is 31.4. The Kier molecular flexibility index (Phi) is 4.14. The summed E-state index contributed by atoms with van der Waals surface area (Å²) in [6, 6.07) is 0.0327. The van der Waals surface area contributed by atoms with Crippen LogP contribution in [0.1, 0.15) is 40.0 Å². The number of hydrogen-bond acceptors (Lipinski definition) is 3. The van der Waals surface area contributed by atoms with Gasteiger partial charge in [-0.25, -0.2) is 13.1 Å². The van der Waals surface area contributed by atoms with E-state index < -0.39 is 10.0 Å². The SMILES string of the molecule is CCCS(=O)(=O)NC1CCOC(C)(C)C1. The van der Waals surface area contributed by atoms with Crippen molar-refractivity contribution >= 4 is 10.0 Å². The van der Waals surface area contributed by atoms with Crippen molar-refractivity contribution in [3.05, 3.63) is 0 Å². The molecular weight excluding hydrogens is 214 g/mol. The van der Waals surface area contributed by atoms with Crippen LogP contribution in [0.3, 0.4) is 0 Å². The number of sulfonamides is 1. The van der Waals surface area contributed by atoms with Crippen LogP contribution in [-0.2, 0) is 14.8 Å². The summed E-state index contributed by atoms with van der Waals surface area (Å²) in [6.07, 6.45) is 2.17. The molecule has 1 fully saturated rings. The maximum atomic E-state index is 11.6. The monoisotopic (exact) mass is 235 g/mol. The van der Waals surface area contributed by atoms with E-state index in [1.54, 1.807) is 0 Å². The van der Waals surface area contributed by atoms with Crippen molar-refractivity contribution in [2.75, 3.05) is 12.4 Å². The van der Waals surface area contributed by atoms with Gasteiger partial charge in [0.1, 0.15) is 0 Å². The van der Waals surface area contributed by atoms with E-state index in [4.69, 9.17) is 4.74 Å². The van der Waals surface area contributed by atoms with E-state index in [1.165, 1.54) is 0 Å². The van der Waals surface area contributed by atoms with Gasteiger partial charge in [0.15, 0.2) is 0 Å². The van der Waals surface area contributed by atoms with Crippen LogP contribution in [0, 0.1) is 0 Å². The van der Waals surface area contributed by atoms with Crippen molar-refractivity contribution in [3.8, 4) is 0 Å². The summed E-state index contributed by atoms with van der Waals surface area (Å²) in [6.45, 7) is 6.49. The second-order valence-electron chi connectivity index (χ2n) is 4.73. The predicted molar refractivity (Wildman–Crippen MR) is 60.3 cm³/mol. The van der Waals surface area contributed by atoms with Crippen molar-refractivity contribution < 1.29 is 13.2 Å². The zero-order chi connectivity index (χ0) is 11.5.